The van der Waals surface area contributed by atoms with Gasteiger partial charge < -0.3 is 4.74 Å². The van der Waals surface area contributed by atoms with Crippen molar-refractivity contribution in [1.82, 2.24) is 4.90 Å². The molecule has 3 aliphatic rings. The number of fused-ring (bicyclic) bond motifs is 1. The zero-order chi connectivity index (χ0) is 14.4. The smallest absolute Gasteiger partial charge is 0.107 e. The van der Waals surface area contributed by atoms with Crippen LogP contribution in [-0.2, 0) is 11.3 Å². The molecule has 2 nitrogen and oxygen atoms in total. The molecule has 4 atom stereocenters. The van der Waals surface area contributed by atoms with E-state index in [1.54, 1.807) is 0 Å². The number of nitrogens with zero attached hydrogens (tertiary/aromatic N) is 1. The van der Waals surface area contributed by atoms with Crippen molar-refractivity contribution in [3.8, 4) is 0 Å². The highest BCUT2D eigenvalue weighted by Crippen LogP contribution is 2.52. The molecule has 0 radical (unpaired) electrons. The molecule has 0 amide bonds. The van der Waals surface area contributed by atoms with Gasteiger partial charge in [0.05, 0.1) is 6.10 Å². The van der Waals surface area contributed by atoms with E-state index >= 15 is 0 Å². The zero-order valence-corrected chi connectivity index (χ0v) is 12.7. The molecule has 1 aromatic rings. The van der Waals surface area contributed by atoms with Crippen LogP contribution in [-0.4, -0.2) is 29.2 Å². The maximum Gasteiger partial charge on any atom is 0.107 e. The summed E-state index contributed by atoms with van der Waals surface area (Å²) < 4.78 is 6.37. The van der Waals surface area contributed by atoms with Gasteiger partial charge >= 0.3 is 0 Å². The minimum Gasteiger partial charge on any atom is -0.362 e. The van der Waals surface area contributed by atoms with E-state index in [0.29, 0.717) is 18.1 Å². The summed E-state index contributed by atoms with van der Waals surface area (Å²) in [6, 6.07) is 11.2. The lowest BCUT2D eigenvalue weighted by atomic mass is 9.80. The largest absolute Gasteiger partial charge is 0.362 e. The van der Waals surface area contributed by atoms with Crippen LogP contribution in [0.2, 0.25) is 0 Å². The van der Waals surface area contributed by atoms with Crippen LogP contribution in [0, 0.1) is 5.92 Å². The number of likely N-dealkylation sites (tertiary alicyclic amines) is 1. The molecule has 2 bridgehead atoms. The second-order valence-electron chi connectivity index (χ2n) is 6.89. The third-order valence-corrected chi connectivity index (χ3v) is 5.27. The highest BCUT2D eigenvalue weighted by Gasteiger charge is 2.60. The summed E-state index contributed by atoms with van der Waals surface area (Å²) >= 11 is 0. The van der Waals surface area contributed by atoms with E-state index in [9.17, 15) is 0 Å². The maximum absolute atomic E-state index is 6.37. The van der Waals surface area contributed by atoms with Crippen LogP contribution in [0.4, 0.5) is 0 Å². The van der Waals surface area contributed by atoms with Crippen molar-refractivity contribution in [2.45, 2.75) is 44.1 Å². The molecule has 1 unspecified atom stereocenters. The van der Waals surface area contributed by atoms with Gasteiger partial charge in [-0.05, 0) is 25.3 Å². The van der Waals surface area contributed by atoms with E-state index in [4.69, 9.17) is 4.74 Å². The zero-order valence-electron chi connectivity index (χ0n) is 12.7. The van der Waals surface area contributed by atoms with Crippen LogP contribution in [0.1, 0.15) is 25.3 Å². The summed E-state index contributed by atoms with van der Waals surface area (Å²) in [5, 5.41) is 0. The Bertz CT molecular complexity index is 578. The monoisotopic (exact) mass is 281 g/mol. The van der Waals surface area contributed by atoms with Crippen molar-refractivity contribution in [1.29, 1.82) is 0 Å². The highest BCUT2D eigenvalue weighted by atomic mass is 16.5. The number of ether oxygens (including phenoxy) is 1. The van der Waals surface area contributed by atoms with Gasteiger partial charge in [-0.1, -0.05) is 48.1 Å². The Morgan fingerprint density at radius 2 is 2.19 bits per heavy atom. The van der Waals surface area contributed by atoms with Crippen molar-refractivity contribution >= 4 is 0 Å². The van der Waals surface area contributed by atoms with Gasteiger partial charge in [-0.2, -0.15) is 0 Å². The molecule has 21 heavy (non-hydrogen) atoms. The summed E-state index contributed by atoms with van der Waals surface area (Å²) in [5.74, 6) is 0.653. The predicted octanol–water partition coefficient (Wildman–Crippen LogP) is 3.55. The Morgan fingerprint density at radius 3 is 2.90 bits per heavy atom. The van der Waals surface area contributed by atoms with Crippen molar-refractivity contribution in [3.63, 3.8) is 0 Å². The van der Waals surface area contributed by atoms with Gasteiger partial charge in [-0.15, -0.1) is 6.58 Å². The summed E-state index contributed by atoms with van der Waals surface area (Å²) in [7, 11) is 0. The van der Waals surface area contributed by atoms with Gasteiger partial charge in [-0.3, -0.25) is 4.90 Å². The molecule has 0 aliphatic carbocycles. The summed E-state index contributed by atoms with van der Waals surface area (Å²) in [6.07, 6.45) is 7.20. The Balaban J connectivity index is 1.62. The molecule has 2 heteroatoms. The number of hydrogen-bond acceptors (Lipinski definition) is 2. The first kappa shape index (κ1) is 13.3. The Hall–Kier alpha value is -1.38. The lowest BCUT2D eigenvalue weighted by Gasteiger charge is -2.34. The fourth-order valence-electron chi connectivity index (χ4n) is 4.41. The van der Waals surface area contributed by atoms with Crippen LogP contribution < -0.4 is 0 Å². The second-order valence-corrected chi connectivity index (χ2v) is 6.89. The third kappa shape index (κ3) is 2.09. The second kappa shape index (κ2) is 4.82. The molecule has 2 saturated heterocycles. The molecule has 3 heterocycles. The Morgan fingerprint density at radius 1 is 1.38 bits per heavy atom. The molecule has 0 N–H and O–H groups in total. The van der Waals surface area contributed by atoms with Gasteiger partial charge in [0.15, 0.2) is 0 Å². The molecule has 3 aliphatic heterocycles. The van der Waals surface area contributed by atoms with Crippen molar-refractivity contribution < 1.29 is 4.74 Å². The van der Waals surface area contributed by atoms with E-state index < -0.39 is 0 Å². The Kier molecular flexibility index (Phi) is 3.05. The van der Waals surface area contributed by atoms with Gasteiger partial charge in [0.2, 0.25) is 0 Å². The third-order valence-electron chi connectivity index (χ3n) is 5.27. The quantitative estimate of drug-likeness (QED) is 0.783. The van der Waals surface area contributed by atoms with E-state index in [1.807, 2.05) is 0 Å². The van der Waals surface area contributed by atoms with Crippen LogP contribution in [0.25, 0.3) is 0 Å². The molecule has 4 rings (SSSR count). The van der Waals surface area contributed by atoms with Crippen molar-refractivity contribution in [2.24, 2.45) is 5.92 Å². The normalized spacial score (nSPS) is 37.1. The van der Waals surface area contributed by atoms with Crippen LogP contribution in [0.3, 0.4) is 0 Å². The van der Waals surface area contributed by atoms with Gasteiger partial charge in [-0.25, -0.2) is 0 Å². The van der Waals surface area contributed by atoms with E-state index in [2.05, 4.69) is 60.9 Å². The first-order chi connectivity index (χ1) is 10.2. The summed E-state index contributed by atoms with van der Waals surface area (Å²) in [5.41, 5.74) is 2.60. The number of rotatable bonds is 4. The number of hydrogen-bond donors (Lipinski definition) is 0. The van der Waals surface area contributed by atoms with E-state index in [-0.39, 0.29) is 5.60 Å². The topological polar surface area (TPSA) is 12.5 Å². The molecule has 2 fully saturated rings. The van der Waals surface area contributed by atoms with Crippen molar-refractivity contribution in [2.75, 3.05) is 6.54 Å². The lowest BCUT2D eigenvalue weighted by Crippen LogP contribution is -2.44. The van der Waals surface area contributed by atoms with Gasteiger partial charge in [0.25, 0.3) is 0 Å². The molecule has 0 saturated carbocycles. The molecule has 0 aromatic heterocycles. The first-order valence-electron chi connectivity index (χ1n) is 7.97. The highest BCUT2D eigenvalue weighted by molar-refractivity contribution is 5.29. The maximum atomic E-state index is 6.37. The van der Waals surface area contributed by atoms with Crippen molar-refractivity contribution in [3.05, 3.63) is 60.2 Å². The predicted molar refractivity (Wildman–Crippen MR) is 84.9 cm³/mol. The fourth-order valence-corrected chi connectivity index (χ4v) is 4.41. The number of benzene rings is 1. The van der Waals surface area contributed by atoms with Gasteiger partial charge in [0.1, 0.15) is 5.60 Å². The summed E-state index contributed by atoms with van der Waals surface area (Å²) in [4.78, 5) is 2.61. The SMILES string of the molecule is C=C(C)CC1N(Cc2ccccc2)C[C@@H]2C[C@H]3C=C[C@@]12O3. The lowest BCUT2D eigenvalue weighted by molar-refractivity contribution is -0.0123. The van der Waals surface area contributed by atoms with E-state index in [0.717, 1.165) is 19.5 Å². The average Bonchev–Trinajstić information content (AvgIpc) is 3.10. The fraction of sp³-hybridized carbons (Fsp3) is 0.474. The average molecular weight is 281 g/mol. The van der Waals surface area contributed by atoms with Crippen LogP contribution >= 0.6 is 0 Å². The molecule has 1 spiro atoms. The molecular weight excluding hydrogens is 258 g/mol. The van der Waals surface area contributed by atoms with Crippen LogP contribution in [0.15, 0.2) is 54.6 Å². The summed E-state index contributed by atoms with van der Waals surface area (Å²) in [6.45, 7) is 8.44. The first-order valence-corrected chi connectivity index (χ1v) is 7.97. The Labute approximate surface area is 127 Å². The van der Waals surface area contributed by atoms with Gasteiger partial charge in [0, 0.05) is 25.0 Å². The van der Waals surface area contributed by atoms with E-state index in [1.165, 1.54) is 17.6 Å². The molecule has 110 valence electrons. The van der Waals surface area contributed by atoms with Crippen LogP contribution in [0.5, 0.6) is 0 Å². The molecular formula is C19H23NO. The molecule has 1 aromatic carbocycles. The minimum atomic E-state index is -0.0433. The minimum absolute atomic E-state index is 0.0433. The standard InChI is InChI=1S/C19H23NO/c1-14(2)10-18-19-9-8-17(21-19)11-16(19)13-20(18)12-15-6-4-3-5-7-15/h3-9,16-18H,1,10-13H2,2H3/t16-,17+,18?,19-/m0/s1.